The second-order valence-electron chi connectivity index (χ2n) is 7.32. The van der Waals surface area contributed by atoms with Gasteiger partial charge in [0.05, 0.1) is 18.7 Å². The monoisotopic (exact) mass is 388 g/mol. The van der Waals surface area contributed by atoms with Gasteiger partial charge in [0.1, 0.15) is 11.4 Å². The van der Waals surface area contributed by atoms with Gasteiger partial charge in [0, 0.05) is 26.4 Å². The van der Waals surface area contributed by atoms with Crippen molar-refractivity contribution in [3.63, 3.8) is 0 Å². The Labute approximate surface area is 161 Å². The summed E-state index contributed by atoms with van der Waals surface area (Å²) in [6.07, 6.45) is 1.65. The third-order valence-electron chi connectivity index (χ3n) is 5.17. The third-order valence-corrected chi connectivity index (χ3v) is 5.17. The lowest BCUT2D eigenvalue weighted by Crippen LogP contribution is -2.52. The largest absolute Gasteiger partial charge is 0.439 e. The maximum Gasteiger partial charge on any atom is 0.410 e. The Kier molecular flexibility index (Phi) is 4.74. The molecule has 9 heteroatoms. The van der Waals surface area contributed by atoms with E-state index in [1.165, 1.54) is 11.0 Å². The van der Waals surface area contributed by atoms with E-state index < -0.39 is 11.4 Å². The molecule has 2 amide bonds. The van der Waals surface area contributed by atoms with E-state index in [1.54, 1.807) is 30.1 Å². The van der Waals surface area contributed by atoms with Crippen molar-refractivity contribution < 1.29 is 23.2 Å². The van der Waals surface area contributed by atoms with Crippen LogP contribution in [0.5, 0.6) is 0 Å². The van der Waals surface area contributed by atoms with Crippen LogP contribution in [0.3, 0.4) is 0 Å². The number of amides is 2. The predicted molar refractivity (Wildman–Crippen MR) is 95.7 cm³/mol. The summed E-state index contributed by atoms with van der Waals surface area (Å²) in [5, 5.41) is 3.80. The number of benzene rings is 1. The second-order valence-corrected chi connectivity index (χ2v) is 7.32. The topological polar surface area (TPSA) is 88.8 Å². The van der Waals surface area contributed by atoms with Gasteiger partial charge in [-0.05, 0) is 25.0 Å². The van der Waals surface area contributed by atoms with Crippen LogP contribution in [0.1, 0.15) is 25.2 Å². The van der Waals surface area contributed by atoms with Gasteiger partial charge in [-0.15, -0.1) is 0 Å². The lowest BCUT2D eigenvalue weighted by atomic mass is 9.92. The standard InChI is InChI=1S/C19H21FN4O4/c1-23-11-19(27-18(23)26)9-4-10-24(12-19)16(25)8-7-15-21-17(22-28-15)13-5-2-3-6-14(13)20/h2-3,5-6H,4,7-12H2,1H3. The first-order valence-corrected chi connectivity index (χ1v) is 9.25. The lowest BCUT2D eigenvalue weighted by molar-refractivity contribution is -0.136. The van der Waals surface area contributed by atoms with Crippen LogP contribution in [0.15, 0.2) is 28.8 Å². The van der Waals surface area contributed by atoms with Crippen LogP contribution in [0.2, 0.25) is 0 Å². The maximum absolute atomic E-state index is 13.8. The van der Waals surface area contributed by atoms with Gasteiger partial charge < -0.3 is 19.1 Å². The number of aryl methyl sites for hydroxylation is 1. The van der Waals surface area contributed by atoms with Gasteiger partial charge in [-0.3, -0.25) is 4.79 Å². The molecule has 1 spiro atoms. The average Bonchev–Trinajstić information content (AvgIpc) is 3.25. The van der Waals surface area contributed by atoms with Crippen molar-refractivity contribution >= 4 is 12.0 Å². The highest BCUT2D eigenvalue weighted by molar-refractivity contribution is 5.77. The molecule has 1 aromatic heterocycles. The number of nitrogens with zero attached hydrogens (tertiary/aromatic N) is 4. The Balaban J connectivity index is 1.36. The molecule has 4 rings (SSSR count). The normalized spacial score (nSPS) is 22.0. The number of rotatable bonds is 4. The second kappa shape index (κ2) is 7.21. The molecule has 0 saturated carbocycles. The summed E-state index contributed by atoms with van der Waals surface area (Å²) in [5.74, 6) is -0.0420. The fourth-order valence-corrected chi connectivity index (χ4v) is 3.80. The zero-order chi connectivity index (χ0) is 19.7. The predicted octanol–water partition coefficient (Wildman–Crippen LogP) is 2.25. The van der Waals surface area contributed by atoms with Crippen LogP contribution < -0.4 is 0 Å². The number of carbonyl (C=O) groups excluding carboxylic acids is 2. The fourth-order valence-electron chi connectivity index (χ4n) is 3.80. The van der Waals surface area contributed by atoms with Crippen LogP contribution in [0.4, 0.5) is 9.18 Å². The van der Waals surface area contributed by atoms with Gasteiger partial charge in [0.25, 0.3) is 0 Å². The van der Waals surface area contributed by atoms with Crippen LogP contribution >= 0.6 is 0 Å². The van der Waals surface area contributed by atoms with Crippen LogP contribution in [-0.2, 0) is 16.0 Å². The molecule has 0 bridgehead atoms. The number of carbonyl (C=O) groups is 2. The highest BCUT2D eigenvalue weighted by Gasteiger charge is 2.47. The third kappa shape index (κ3) is 3.56. The Hall–Kier alpha value is -2.97. The minimum absolute atomic E-state index is 0.0599. The summed E-state index contributed by atoms with van der Waals surface area (Å²) in [4.78, 5) is 31.8. The number of aromatic nitrogens is 2. The van der Waals surface area contributed by atoms with Gasteiger partial charge in [0.2, 0.25) is 17.6 Å². The van der Waals surface area contributed by atoms with Crippen molar-refractivity contribution in [1.82, 2.24) is 19.9 Å². The molecule has 0 aliphatic carbocycles. The number of hydrogen-bond donors (Lipinski definition) is 0. The number of likely N-dealkylation sites (N-methyl/N-ethyl adjacent to an activating group) is 1. The van der Waals surface area contributed by atoms with E-state index >= 15 is 0 Å². The van der Waals surface area contributed by atoms with Crippen molar-refractivity contribution in [2.75, 3.05) is 26.7 Å². The van der Waals surface area contributed by atoms with Crippen LogP contribution in [0.25, 0.3) is 11.4 Å². The van der Waals surface area contributed by atoms with E-state index in [0.717, 1.165) is 12.8 Å². The smallest absolute Gasteiger partial charge is 0.410 e. The molecule has 148 valence electrons. The lowest BCUT2D eigenvalue weighted by Gasteiger charge is -2.38. The van der Waals surface area contributed by atoms with E-state index in [9.17, 15) is 14.0 Å². The van der Waals surface area contributed by atoms with Crippen LogP contribution in [0, 0.1) is 5.82 Å². The van der Waals surface area contributed by atoms with Gasteiger partial charge in [-0.25, -0.2) is 9.18 Å². The van der Waals surface area contributed by atoms with Gasteiger partial charge in [-0.2, -0.15) is 4.98 Å². The summed E-state index contributed by atoms with van der Waals surface area (Å²) >= 11 is 0. The summed E-state index contributed by atoms with van der Waals surface area (Å²) in [6.45, 7) is 1.52. The Morgan fingerprint density at radius 1 is 1.32 bits per heavy atom. The van der Waals surface area contributed by atoms with E-state index in [0.29, 0.717) is 19.6 Å². The summed E-state index contributed by atoms with van der Waals surface area (Å²) in [5.41, 5.74) is -0.351. The van der Waals surface area contributed by atoms with E-state index in [2.05, 4.69) is 10.1 Å². The van der Waals surface area contributed by atoms with Gasteiger partial charge in [-0.1, -0.05) is 17.3 Å². The first-order valence-electron chi connectivity index (χ1n) is 9.25. The van der Waals surface area contributed by atoms with E-state index in [-0.39, 0.29) is 42.1 Å². The molecule has 2 aliphatic rings. The van der Waals surface area contributed by atoms with Crippen LogP contribution in [-0.4, -0.2) is 64.2 Å². The highest BCUT2D eigenvalue weighted by Crippen LogP contribution is 2.31. The molecule has 2 aromatic rings. The van der Waals surface area contributed by atoms with E-state index in [4.69, 9.17) is 9.26 Å². The molecular weight excluding hydrogens is 367 g/mol. The molecule has 3 heterocycles. The van der Waals surface area contributed by atoms with Crippen molar-refractivity contribution in [3.8, 4) is 11.4 Å². The molecular formula is C19H21FN4O4. The molecule has 2 aliphatic heterocycles. The minimum atomic E-state index is -0.609. The Morgan fingerprint density at radius 3 is 2.89 bits per heavy atom. The Morgan fingerprint density at radius 2 is 2.14 bits per heavy atom. The molecule has 2 fully saturated rings. The highest BCUT2D eigenvalue weighted by atomic mass is 19.1. The van der Waals surface area contributed by atoms with Crippen molar-refractivity contribution in [2.24, 2.45) is 0 Å². The zero-order valence-corrected chi connectivity index (χ0v) is 15.6. The fraction of sp³-hybridized carbons (Fsp3) is 0.474. The van der Waals surface area contributed by atoms with E-state index in [1.807, 2.05) is 0 Å². The minimum Gasteiger partial charge on any atom is -0.439 e. The zero-order valence-electron chi connectivity index (χ0n) is 15.6. The van der Waals surface area contributed by atoms with Crippen molar-refractivity contribution in [3.05, 3.63) is 36.0 Å². The molecule has 1 unspecified atom stereocenters. The number of hydrogen-bond acceptors (Lipinski definition) is 6. The number of likely N-dealkylation sites (tertiary alicyclic amines) is 1. The Bertz CT molecular complexity index is 902. The molecule has 1 aromatic carbocycles. The molecule has 0 N–H and O–H groups in total. The molecule has 1 atom stereocenters. The van der Waals surface area contributed by atoms with Crippen molar-refractivity contribution in [1.29, 1.82) is 0 Å². The quantitative estimate of drug-likeness (QED) is 0.798. The van der Waals surface area contributed by atoms with Gasteiger partial charge in [0.15, 0.2) is 0 Å². The summed E-state index contributed by atoms with van der Waals surface area (Å²) in [6, 6.07) is 6.18. The SMILES string of the molecule is CN1CC2(CCCN(C(=O)CCc3nc(-c4ccccc4F)no3)C2)OC1=O. The maximum atomic E-state index is 13.8. The molecule has 28 heavy (non-hydrogen) atoms. The average molecular weight is 388 g/mol. The first kappa shape index (κ1) is 18.4. The molecule has 8 nitrogen and oxygen atoms in total. The molecule has 0 radical (unpaired) electrons. The number of ether oxygens (including phenoxy) is 1. The van der Waals surface area contributed by atoms with Crippen molar-refractivity contribution in [2.45, 2.75) is 31.3 Å². The van der Waals surface area contributed by atoms with Gasteiger partial charge >= 0.3 is 6.09 Å². The molecule has 2 saturated heterocycles. The number of halogens is 1. The summed E-state index contributed by atoms with van der Waals surface area (Å²) < 4.78 is 24.5. The summed E-state index contributed by atoms with van der Waals surface area (Å²) in [7, 11) is 1.70. The number of piperidine rings is 1. The first-order chi connectivity index (χ1) is 13.5.